The fourth-order valence-corrected chi connectivity index (χ4v) is 3.18. The van der Waals surface area contributed by atoms with Crippen LogP contribution in [-0.2, 0) is 6.42 Å². The smallest absolute Gasteiger partial charge is 0.216 e. The molecule has 124 valence electrons. The number of rotatable bonds is 4. The third kappa shape index (κ3) is 3.19. The average molecular weight is 443 g/mol. The van der Waals surface area contributed by atoms with Crippen molar-refractivity contribution in [3.8, 4) is 11.7 Å². The van der Waals surface area contributed by atoms with Crippen LogP contribution in [0.1, 0.15) is 11.3 Å². The predicted octanol–water partition coefficient (Wildman–Crippen LogP) is 3.41. The Labute approximate surface area is 158 Å². The van der Waals surface area contributed by atoms with Crippen molar-refractivity contribution in [1.82, 2.24) is 24.7 Å². The van der Waals surface area contributed by atoms with E-state index < -0.39 is 0 Å². The summed E-state index contributed by atoms with van der Waals surface area (Å²) in [6.07, 6.45) is 5.74. The van der Waals surface area contributed by atoms with E-state index in [0.717, 1.165) is 31.5 Å². The monoisotopic (exact) mass is 443 g/mol. The number of methoxy groups -OCH3 is 1. The predicted molar refractivity (Wildman–Crippen MR) is 103 cm³/mol. The normalized spacial score (nSPS) is 11.0. The van der Waals surface area contributed by atoms with Crippen LogP contribution in [0.3, 0.4) is 0 Å². The lowest BCUT2D eigenvalue weighted by molar-refractivity contribution is 0.393. The Hall–Kier alpha value is -2.55. The summed E-state index contributed by atoms with van der Waals surface area (Å²) in [5.74, 6) is 1.35. The number of benzene rings is 1. The van der Waals surface area contributed by atoms with Crippen LogP contribution >= 0.6 is 22.6 Å². The Morgan fingerprint density at radius 2 is 2.04 bits per heavy atom. The number of ether oxygens (including phenoxy) is 1. The molecule has 0 atom stereocenters. The van der Waals surface area contributed by atoms with Crippen LogP contribution in [0.4, 0.5) is 0 Å². The van der Waals surface area contributed by atoms with Gasteiger partial charge in [0.2, 0.25) is 5.88 Å². The van der Waals surface area contributed by atoms with Crippen molar-refractivity contribution in [2.24, 2.45) is 0 Å². The lowest BCUT2D eigenvalue weighted by atomic mass is 10.1. The van der Waals surface area contributed by atoms with Crippen LogP contribution in [0.15, 0.2) is 55.1 Å². The van der Waals surface area contributed by atoms with Gasteiger partial charge in [0.05, 0.1) is 24.5 Å². The van der Waals surface area contributed by atoms with Gasteiger partial charge in [-0.25, -0.2) is 19.6 Å². The Balaban J connectivity index is 1.73. The first-order chi connectivity index (χ1) is 12.2. The van der Waals surface area contributed by atoms with Gasteiger partial charge in [-0.05, 0) is 40.8 Å². The van der Waals surface area contributed by atoms with Gasteiger partial charge in [-0.2, -0.15) is 5.10 Å². The molecule has 0 saturated heterocycles. The van der Waals surface area contributed by atoms with E-state index in [4.69, 9.17) is 4.74 Å². The van der Waals surface area contributed by atoms with Gasteiger partial charge in [0, 0.05) is 33.2 Å². The molecule has 3 heterocycles. The summed E-state index contributed by atoms with van der Waals surface area (Å²) in [7, 11) is 1.62. The van der Waals surface area contributed by atoms with E-state index in [-0.39, 0.29) is 0 Å². The molecule has 0 amide bonds. The summed E-state index contributed by atoms with van der Waals surface area (Å²) < 4.78 is 8.31. The molecular weight excluding hydrogens is 429 g/mol. The highest BCUT2D eigenvalue weighted by Gasteiger charge is 2.10. The molecule has 0 aliphatic heterocycles. The lowest BCUT2D eigenvalue weighted by Crippen LogP contribution is -2.03. The first-order valence-electron chi connectivity index (χ1n) is 7.67. The fraction of sp³-hybridized carbons (Fsp3) is 0.111. The number of fused-ring (bicyclic) bond motifs is 1. The molecule has 3 aromatic heterocycles. The van der Waals surface area contributed by atoms with E-state index >= 15 is 0 Å². The molecule has 1 aromatic carbocycles. The highest BCUT2D eigenvalue weighted by atomic mass is 127. The minimum Gasteiger partial charge on any atom is -0.481 e. The number of pyridine rings is 1. The number of hydrogen-bond acceptors (Lipinski definition) is 5. The van der Waals surface area contributed by atoms with Gasteiger partial charge in [-0.15, -0.1) is 0 Å². The summed E-state index contributed by atoms with van der Waals surface area (Å²) in [6, 6.07) is 12.0. The van der Waals surface area contributed by atoms with Gasteiger partial charge in [-0.1, -0.05) is 12.1 Å². The van der Waals surface area contributed by atoms with Crippen molar-refractivity contribution in [3.63, 3.8) is 0 Å². The van der Waals surface area contributed by atoms with Crippen LogP contribution in [0.25, 0.3) is 16.7 Å². The molecule has 7 heteroatoms. The minimum absolute atomic E-state index is 0.613. The van der Waals surface area contributed by atoms with E-state index in [9.17, 15) is 0 Å². The summed E-state index contributed by atoms with van der Waals surface area (Å²) in [4.78, 5) is 13.0. The zero-order valence-electron chi connectivity index (χ0n) is 13.4. The Morgan fingerprint density at radius 1 is 1.12 bits per heavy atom. The van der Waals surface area contributed by atoms with Crippen LogP contribution < -0.4 is 4.74 Å². The third-order valence-electron chi connectivity index (χ3n) is 3.87. The van der Waals surface area contributed by atoms with Crippen molar-refractivity contribution in [1.29, 1.82) is 0 Å². The number of hydrogen-bond donors (Lipinski definition) is 0. The van der Waals surface area contributed by atoms with Crippen LogP contribution in [0.5, 0.6) is 5.88 Å². The van der Waals surface area contributed by atoms with Gasteiger partial charge in [0.1, 0.15) is 6.33 Å². The maximum absolute atomic E-state index is 5.32. The van der Waals surface area contributed by atoms with Crippen molar-refractivity contribution < 1.29 is 4.74 Å². The van der Waals surface area contributed by atoms with E-state index in [2.05, 4.69) is 60.8 Å². The third-order valence-corrected chi connectivity index (χ3v) is 4.55. The van der Waals surface area contributed by atoms with Crippen LogP contribution in [0, 0.1) is 3.57 Å². The van der Waals surface area contributed by atoms with Gasteiger partial charge < -0.3 is 4.74 Å². The van der Waals surface area contributed by atoms with Gasteiger partial charge in [0.25, 0.3) is 0 Å². The molecular formula is C18H14IN5O. The molecule has 4 rings (SSSR count). The maximum atomic E-state index is 5.32. The first-order valence-corrected chi connectivity index (χ1v) is 8.75. The molecule has 0 N–H and O–H groups in total. The summed E-state index contributed by atoms with van der Waals surface area (Å²) in [6.45, 7) is 0. The lowest BCUT2D eigenvalue weighted by Gasteiger charge is -2.08. The zero-order valence-corrected chi connectivity index (χ0v) is 15.6. The molecule has 0 unspecified atom stereocenters. The fourth-order valence-electron chi connectivity index (χ4n) is 2.71. The summed E-state index contributed by atoms with van der Waals surface area (Å²) in [5.41, 5.74) is 2.88. The number of aromatic nitrogens is 5. The largest absolute Gasteiger partial charge is 0.481 e. The second-order valence-electron chi connectivity index (χ2n) is 5.48. The molecule has 0 fully saturated rings. The second kappa shape index (κ2) is 6.75. The zero-order chi connectivity index (χ0) is 17.2. The van der Waals surface area contributed by atoms with Crippen LogP contribution in [-0.4, -0.2) is 31.8 Å². The molecule has 0 saturated carbocycles. The van der Waals surface area contributed by atoms with E-state index in [1.54, 1.807) is 19.6 Å². The quantitative estimate of drug-likeness (QED) is 0.453. The van der Waals surface area contributed by atoms with Crippen molar-refractivity contribution in [3.05, 3.63) is 69.9 Å². The molecule has 0 radical (unpaired) electrons. The second-order valence-corrected chi connectivity index (χ2v) is 6.72. The van der Waals surface area contributed by atoms with Crippen LogP contribution in [0.2, 0.25) is 0 Å². The first kappa shape index (κ1) is 15.9. The van der Waals surface area contributed by atoms with E-state index in [1.807, 2.05) is 29.1 Å². The number of nitrogens with zero attached hydrogens (tertiary/aromatic N) is 5. The molecule has 0 bridgehead atoms. The number of halogens is 1. The highest BCUT2D eigenvalue weighted by Crippen LogP contribution is 2.21. The summed E-state index contributed by atoms with van der Waals surface area (Å²) >= 11 is 2.30. The van der Waals surface area contributed by atoms with E-state index in [0.29, 0.717) is 12.3 Å². The molecule has 0 aliphatic rings. The maximum Gasteiger partial charge on any atom is 0.216 e. The molecule has 0 aliphatic carbocycles. The molecule has 25 heavy (non-hydrogen) atoms. The SMILES string of the molecule is COc1ncccc1Cc1cc(-n2ncc3ccc(I)cc32)ncn1. The van der Waals surface area contributed by atoms with Gasteiger partial charge in [-0.3, -0.25) is 0 Å². The van der Waals surface area contributed by atoms with Crippen molar-refractivity contribution in [2.75, 3.05) is 7.11 Å². The minimum atomic E-state index is 0.613. The summed E-state index contributed by atoms with van der Waals surface area (Å²) in [5, 5.41) is 5.55. The molecule has 6 nitrogen and oxygen atoms in total. The topological polar surface area (TPSA) is 65.7 Å². The van der Waals surface area contributed by atoms with Gasteiger partial charge >= 0.3 is 0 Å². The molecule has 4 aromatic rings. The van der Waals surface area contributed by atoms with Crippen molar-refractivity contribution in [2.45, 2.75) is 6.42 Å². The van der Waals surface area contributed by atoms with Gasteiger partial charge in [0.15, 0.2) is 5.82 Å². The Bertz CT molecular complexity index is 1050. The van der Waals surface area contributed by atoms with E-state index in [1.165, 1.54) is 0 Å². The standard InChI is InChI=1S/C18H14IN5O/c1-25-18-12(3-2-6-20-18)7-15-9-17(22-11-21-15)24-16-8-14(19)5-4-13(16)10-23-24/h2-6,8-11H,7H2,1H3. The van der Waals surface area contributed by atoms with Crippen molar-refractivity contribution >= 4 is 33.5 Å². The Morgan fingerprint density at radius 3 is 2.92 bits per heavy atom. The Kier molecular flexibility index (Phi) is 4.31. The highest BCUT2D eigenvalue weighted by molar-refractivity contribution is 14.1. The molecule has 0 spiro atoms. The average Bonchev–Trinajstić information content (AvgIpc) is 3.05.